The standard InChI is InChI=1S/C27H29N3O4S/c1-30(2)22-11-8-19(9-12-22)17-28-27(32)24(20-6-4-3-5-7-20)18-35(33,34)23-13-14-25-21(16-23)10-15-26(31)29-25/h3-9,11-14,16,24H,10,15,17-18H2,1-2H3,(H,28,32)(H,29,31). The van der Waals surface area contributed by atoms with Crippen molar-refractivity contribution in [3.63, 3.8) is 0 Å². The predicted octanol–water partition coefficient (Wildman–Crippen LogP) is 3.51. The maximum atomic E-state index is 13.4. The van der Waals surface area contributed by atoms with Gasteiger partial charge in [-0.05, 0) is 53.4 Å². The van der Waals surface area contributed by atoms with Gasteiger partial charge in [-0.15, -0.1) is 0 Å². The average molecular weight is 492 g/mol. The van der Waals surface area contributed by atoms with Crippen LogP contribution in [0.5, 0.6) is 0 Å². The topological polar surface area (TPSA) is 95.6 Å². The van der Waals surface area contributed by atoms with Gasteiger partial charge in [-0.3, -0.25) is 9.59 Å². The van der Waals surface area contributed by atoms with E-state index in [0.29, 0.717) is 30.6 Å². The molecule has 0 aromatic heterocycles. The van der Waals surface area contributed by atoms with Gasteiger partial charge in [0, 0.05) is 38.4 Å². The fraction of sp³-hybridized carbons (Fsp3) is 0.259. The lowest BCUT2D eigenvalue weighted by atomic mass is 10.00. The summed E-state index contributed by atoms with van der Waals surface area (Å²) in [5, 5.41) is 5.68. The first-order valence-electron chi connectivity index (χ1n) is 11.5. The molecule has 3 aromatic rings. The molecule has 1 heterocycles. The molecule has 0 aliphatic carbocycles. The van der Waals surface area contributed by atoms with Crippen LogP contribution in [-0.2, 0) is 32.4 Å². The Hall–Kier alpha value is -3.65. The van der Waals surface area contributed by atoms with E-state index in [-0.39, 0.29) is 22.5 Å². The minimum absolute atomic E-state index is 0.0784. The summed E-state index contributed by atoms with van der Waals surface area (Å²) in [5.41, 5.74) is 4.04. The number of aryl methyl sites for hydroxylation is 1. The Balaban J connectivity index is 1.54. The zero-order chi connectivity index (χ0) is 25.0. The first-order valence-corrected chi connectivity index (χ1v) is 13.1. The monoisotopic (exact) mass is 491 g/mol. The molecule has 1 aliphatic rings. The zero-order valence-corrected chi connectivity index (χ0v) is 20.6. The number of sulfone groups is 1. The van der Waals surface area contributed by atoms with E-state index in [0.717, 1.165) is 16.8 Å². The van der Waals surface area contributed by atoms with E-state index in [2.05, 4.69) is 10.6 Å². The SMILES string of the molecule is CN(C)c1ccc(CNC(=O)C(CS(=O)(=O)c2ccc3c(c2)CCC(=O)N3)c2ccccc2)cc1. The van der Waals surface area contributed by atoms with Gasteiger partial charge >= 0.3 is 0 Å². The molecule has 0 fully saturated rings. The van der Waals surface area contributed by atoms with E-state index in [9.17, 15) is 18.0 Å². The number of anilines is 2. The third-order valence-corrected chi connectivity index (χ3v) is 7.90. The van der Waals surface area contributed by atoms with Crippen molar-refractivity contribution >= 4 is 33.0 Å². The summed E-state index contributed by atoms with van der Waals surface area (Å²) < 4.78 is 26.7. The Morgan fingerprint density at radius 3 is 2.40 bits per heavy atom. The second-order valence-corrected chi connectivity index (χ2v) is 10.9. The molecule has 1 atom stereocenters. The number of fused-ring (bicyclic) bond motifs is 1. The quantitative estimate of drug-likeness (QED) is 0.503. The molecule has 8 heteroatoms. The molecule has 2 N–H and O–H groups in total. The van der Waals surface area contributed by atoms with Crippen molar-refractivity contribution in [3.8, 4) is 0 Å². The number of nitrogens with one attached hydrogen (secondary N) is 2. The number of rotatable bonds is 8. The van der Waals surface area contributed by atoms with Crippen molar-refractivity contribution in [1.29, 1.82) is 0 Å². The number of carbonyl (C=O) groups excluding carboxylic acids is 2. The number of hydrogen-bond donors (Lipinski definition) is 2. The van der Waals surface area contributed by atoms with E-state index in [1.165, 1.54) is 6.07 Å². The van der Waals surface area contributed by atoms with Crippen molar-refractivity contribution in [2.45, 2.75) is 30.2 Å². The van der Waals surface area contributed by atoms with Crippen molar-refractivity contribution in [2.24, 2.45) is 0 Å². The van der Waals surface area contributed by atoms with Gasteiger partial charge in [0.15, 0.2) is 9.84 Å². The van der Waals surface area contributed by atoms with Gasteiger partial charge in [-0.2, -0.15) is 0 Å². The van der Waals surface area contributed by atoms with Gasteiger partial charge in [-0.25, -0.2) is 8.42 Å². The molecule has 182 valence electrons. The van der Waals surface area contributed by atoms with Gasteiger partial charge in [0.25, 0.3) is 0 Å². The number of benzene rings is 3. The first kappa shape index (κ1) is 24.5. The lowest BCUT2D eigenvalue weighted by Gasteiger charge is -2.20. The molecule has 4 rings (SSSR count). The smallest absolute Gasteiger partial charge is 0.228 e. The third-order valence-electron chi connectivity index (χ3n) is 6.16. The maximum absolute atomic E-state index is 13.4. The fourth-order valence-electron chi connectivity index (χ4n) is 4.10. The molecule has 0 spiro atoms. The van der Waals surface area contributed by atoms with Crippen LogP contribution in [0, 0.1) is 0 Å². The van der Waals surface area contributed by atoms with Gasteiger partial charge in [0.1, 0.15) is 0 Å². The summed E-state index contributed by atoms with van der Waals surface area (Å²) in [5.74, 6) is -1.64. The van der Waals surface area contributed by atoms with Gasteiger partial charge in [0.05, 0.1) is 16.6 Å². The van der Waals surface area contributed by atoms with Gasteiger partial charge in [-0.1, -0.05) is 42.5 Å². The van der Waals surface area contributed by atoms with Crippen LogP contribution in [0.25, 0.3) is 0 Å². The van der Waals surface area contributed by atoms with Crippen LogP contribution in [0.4, 0.5) is 11.4 Å². The lowest BCUT2D eigenvalue weighted by molar-refractivity contribution is -0.122. The summed E-state index contributed by atoms with van der Waals surface area (Å²) in [7, 11) is 0.140. The van der Waals surface area contributed by atoms with Crippen LogP contribution in [0.3, 0.4) is 0 Å². The Labute approximate surface area is 206 Å². The largest absolute Gasteiger partial charge is 0.378 e. The van der Waals surface area contributed by atoms with Gasteiger partial charge in [0.2, 0.25) is 11.8 Å². The summed E-state index contributed by atoms with van der Waals surface area (Å²) >= 11 is 0. The Kier molecular flexibility index (Phi) is 7.21. The summed E-state index contributed by atoms with van der Waals surface area (Å²) in [6.07, 6.45) is 0.806. The van der Waals surface area contributed by atoms with Crippen molar-refractivity contribution < 1.29 is 18.0 Å². The summed E-state index contributed by atoms with van der Waals surface area (Å²) in [6.45, 7) is 0.300. The molecule has 0 saturated heterocycles. The van der Waals surface area contributed by atoms with Crippen LogP contribution in [0.15, 0.2) is 77.7 Å². The normalized spacial score (nSPS) is 13.9. The minimum atomic E-state index is -3.78. The van der Waals surface area contributed by atoms with Crippen molar-refractivity contribution in [1.82, 2.24) is 5.32 Å². The molecule has 1 unspecified atom stereocenters. The second-order valence-electron chi connectivity index (χ2n) is 8.89. The average Bonchev–Trinajstić information content (AvgIpc) is 2.86. The fourth-order valence-corrected chi connectivity index (χ4v) is 5.67. The van der Waals surface area contributed by atoms with E-state index in [4.69, 9.17) is 0 Å². The highest BCUT2D eigenvalue weighted by molar-refractivity contribution is 7.91. The number of nitrogens with zero attached hydrogens (tertiary/aromatic N) is 1. The first-order chi connectivity index (χ1) is 16.7. The number of carbonyl (C=O) groups is 2. The summed E-state index contributed by atoms with van der Waals surface area (Å²) in [4.78, 5) is 27.0. The molecular weight excluding hydrogens is 462 g/mol. The number of amides is 2. The molecule has 1 aliphatic heterocycles. The Morgan fingerprint density at radius 1 is 1.00 bits per heavy atom. The van der Waals surface area contributed by atoms with E-state index in [1.54, 1.807) is 36.4 Å². The maximum Gasteiger partial charge on any atom is 0.228 e. The third kappa shape index (κ3) is 5.89. The van der Waals surface area contributed by atoms with Crippen LogP contribution >= 0.6 is 0 Å². The van der Waals surface area contributed by atoms with Crippen molar-refractivity contribution in [3.05, 3.63) is 89.5 Å². The molecule has 0 radical (unpaired) electrons. The van der Waals surface area contributed by atoms with E-state index >= 15 is 0 Å². The molecule has 7 nitrogen and oxygen atoms in total. The van der Waals surface area contributed by atoms with Crippen LogP contribution < -0.4 is 15.5 Å². The molecule has 0 saturated carbocycles. The highest BCUT2D eigenvalue weighted by Gasteiger charge is 2.29. The van der Waals surface area contributed by atoms with Crippen LogP contribution in [0.2, 0.25) is 0 Å². The minimum Gasteiger partial charge on any atom is -0.378 e. The Bertz CT molecular complexity index is 1320. The highest BCUT2D eigenvalue weighted by Crippen LogP contribution is 2.28. The van der Waals surface area contributed by atoms with Crippen molar-refractivity contribution in [2.75, 3.05) is 30.1 Å². The molecule has 0 bridgehead atoms. The van der Waals surface area contributed by atoms with Gasteiger partial charge < -0.3 is 15.5 Å². The lowest BCUT2D eigenvalue weighted by Crippen LogP contribution is -2.33. The molecular formula is C27H29N3O4S. The van der Waals surface area contributed by atoms with E-state index in [1.807, 2.05) is 49.3 Å². The second kappa shape index (κ2) is 10.3. The van der Waals surface area contributed by atoms with Crippen LogP contribution in [0.1, 0.15) is 29.0 Å². The zero-order valence-electron chi connectivity index (χ0n) is 19.8. The van der Waals surface area contributed by atoms with E-state index < -0.39 is 15.8 Å². The Morgan fingerprint density at radius 2 is 1.71 bits per heavy atom. The molecule has 35 heavy (non-hydrogen) atoms. The highest BCUT2D eigenvalue weighted by atomic mass is 32.2. The predicted molar refractivity (Wildman–Crippen MR) is 137 cm³/mol. The van der Waals surface area contributed by atoms with Crippen LogP contribution in [-0.4, -0.2) is 40.1 Å². The summed E-state index contributed by atoms with van der Waals surface area (Å²) in [6, 6.07) is 21.5. The number of hydrogen-bond acceptors (Lipinski definition) is 5. The molecule has 2 amide bonds. The molecule has 3 aromatic carbocycles.